The Morgan fingerprint density at radius 2 is 1.51 bits per heavy atom. The number of ketones is 1. The zero-order valence-electron chi connectivity index (χ0n) is 25.1. The molecule has 1 atom stereocenters. The van der Waals surface area contributed by atoms with Gasteiger partial charge in [0.2, 0.25) is 0 Å². The molecule has 232 valence electrons. The number of aromatic nitrogens is 4. The molecule has 1 amide bonds. The van der Waals surface area contributed by atoms with Gasteiger partial charge in [0.1, 0.15) is 5.69 Å². The van der Waals surface area contributed by atoms with Gasteiger partial charge in [-0.05, 0) is 42.2 Å². The van der Waals surface area contributed by atoms with Gasteiger partial charge >= 0.3 is 7.82 Å². The minimum atomic E-state index is -4.65. The van der Waals surface area contributed by atoms with E-state index in [9.17, 15) is 14.2 Å². The summed E-state index contributed by atoms with van der Waals surface area (Å²) in [5, 5.41) is 11.5. The van der Waals surface area contributed by atoms with Crippen molar-refractivity contribution in [3.05, 3.63) is 131 Å². The van der Waals surface area contributed by atoms with Gasteiger partial charge in [-0.3, -0.25) is 18.8 Å². The zero-order valence-corrected chi connectivity index (χ0v) is 26.0. The summed E-state index contributed by atoms with van der Waals surface area (Å²) >= 11 is 0. The van der Waals surface area contributed by atoms with E-state index in [4.69, 9.17) is 9.79 Å². The molecule has 12 heteroatoms. The van der Waals surface area contributed by atoms with Crippen LogP contribution in [0.1, 0.15) is 44.5 Å². The Bertz CT molecular complexity index is 1790. The van der Waals surface area contributed by atoms with Crippen LogP contribution in [0.2, 0.25) is 0 Å². The molecule has 5 aromatic rings. The minimum Gasteiger partial charge on any atom is -0.340 e. The highest BCUT2D eigenvalue weighted by molar-refractivity contribution is 7.46. The van der Waals surface area contributed by atoms with E-state index in [1.807, 2.05) is 84.9 Å². The van der Waals surface area contributed by atoms with Crippen LogP contribution in [0.3, 0.4) is 0 Å². The first kappa shape index (κ1) is 31.7. The number of nitrogens with zero attached hydrogens (tertiary/aromatic N) is 4. The molecule has 5 rings (SSSR count). The Labute approximate surface area is 260 Å². The van der Waals surface area contributed by atoms with Crippen molar-refractivity contribution in [2.75, 3.05) is 0 Å². The molecule has 0 spiro atoms. The topological polar surface area (TPSA) is 149 Å². The predicted molar refractivity (Wildman–Crippen MR) is 168 cm³/mol. The fourth-order valence-corrected chi connectivity index (χ4v) is 5.79. The van der Waals surface area contributed by atoms with E-state index >= 15 is 0 Å². The van der Waals surface area contributed by atoms with Crippen molar-refractivity contribution in [3.63, 3.8) is 0 Å². The molecule has 2 aromatic heterocycles. The number of nitrogens with one attached hydrogen (secondary N) is 1. The van der Waals surface area contributed by atoms with Gasteiger partial charge in [0.05, 0.1) is 11.7 Å². The van der Waals surface area contributed by atoms with Gasteiger partial charge in [0, 0.05) is 36.8 Å². The van der Waals surface area contributed by atoms with Gasteiger partial charge in [0.15, 0.2) is 12.5 Å². The van der Waals surface area contributed by atoms with Crippen LogP contribution in [-0.2, 0) is 34.1 Å². The molecule has 45 heavy (non-hydrogen) atoms. The number of aryl methyl sites for hydroxylation is 2. The molecular formula is C33H34N5O6P. The second-order valence-electron chi connectivity index (χ2n) is 10.7. The number of carbonyl (C=O) groups excluding carboxylic acids is 2. The average Bonchev–Trinajstić information content (AvgIpc) is 3.58. The Hall–Kier alpha value is -4.67. The summed E-state index contributed by atoms with van der Waals surface area (Å²) < 4.78 is 18.7. The second kappa shape index (κ2) is 13.5. The number of rotatable bonds is 12. The third kappa shape index (κ3) is 7.53. The van der Waals surface area contributed by atoms with E-state index in [0.29, 0.717) is 17.1 Å². The number of carbonyl (C=O) groups is 2. The lowest BCUT2D eigenvalue weighted by molar-refractivity contribution is -0.120. The van der Waals surface area contributed by atoms with Gasteiger partial charge < -0.3 is 15.1 Å². The first-order chi connectivity index (χ1) is 21.5. The molecular weight excluding hydrogens is 593 g/mol. The summed E-state index contributed by atoms with van der Waals surface area (Å²) in [6.45, 7) is 3.20. The van der Waals surface area contributed by atoms with E-state index in [-0.39, 0.29) is 18.9 Å². The number of Topliss-reactive ketones (excluding diaryl/α,β-unsaturated/α-hetero) is 1. The number of hydrogen-bond donors (Lipinski definition) is 3. The van der Waals surface area contributed by atoms with Crippen LogP contribution in [0, 0.1) is 13.8 Å². The molecule has 0 bridgehead atoms. The summed E-state index contributed by atoms with van der Waals surface area (Å²) in [6.07, 6.45) is 1.61. The Morgan fingerprint density at radius 1 is 0.911 bits per heavy atom. The quantitative estimate of drug-likeness (QED) is 0.169. The molecule has 0 aliphatic rings. The van der Waals surface area contributed by atoms with E-state index in [2.05, 4.69) is 20.0 Å². The van der Waals surface area contributed by atoms with Gasteiger partial charge in [0.25, 0.3) is 5.91 Å². The fourth-order valence-electron chi connectivity index (χ4n) is 5.53. The average molecular weight is 628 g/mol. The van der Waals surface area contributed by atoms with Gasteiger partial charge in [-0.1, -0.05) is 84.9 Å². The number of phosphoric acid groups is 1. The van der Waals surface area contributed by atoms with Crippen molar-refractivity contribution in [2.24, 2.45) is 7.05 Å². The second-order valence-corrected chi connectivity index (χ2v) is 12.0. The highest BCUT2D eigenvalue weighted by atomic mass is 31.2. The lowest BCUT2D eigenvalue weighted by Crippen LogP contribution is -2.46. The van der Waals surface area contributed by atoms with Crippen LogP contribution >= 0.6 is 7.82 Å². The molecule has 0 unspecified atom stereocenters. The maximum Gasteiger partial charge on any atom is 0.471 e. The van der Waals surface area contributed by atoms with Crippen LogP contribution in [0.5, 0.6) is 0 Å². The summed E-state index contributed by atoms with van der Waals surface area (Å²) in [6, 6.07) is 27.5. The third-order valence-electron chi connectivity index (χ3n) is 7.69. The standard InChI is InChI=1S/C33H34N5O6P/c1-22-30(23(2)38(36-22)21-44-45(41,42)43)27-16-14-24(15-17-27)20-29(39)32(35-33(40)28-18-19-34-37(28)3)31(25-10-6-4-7-11-25)26-12-8-5-9-13-26/h4-19,31-32H,20-21H2,1-3H3,(H,35,40)(H2,41,42,43)/t32-/m1/s1. The van der Waals surface area contributed by atoms with Crippen LogP contribution in [-0.4, -0.2) is 47.1 Å². The first-order valence-corrected chi connectivity index (χ1v) is 15.8. The minimum absolute atomic E-state index is 0.0696. The Morgan fingerprint density at radius 3 is 2.04 bits per heavy atom. The summed E-state index contributed by atoms with van der Waals surface area (Å²) in [7, 11) is -2.98. The number of phosphoric ester groups is 1. The largest absolute Gasteiger partial charge is 0.471 e. The van der Waals surface area contributed by atoms with Crippen molar-refractivity contribution in [3.8, 4) is 11.1 Å². The van der Waals surface area contributed by atoms with E-state index in [0.717, 1.165) is 27.8 Å². The maximum atomic E-state index is 14.2. The van der Waals surface area contributed by atoms with Crippen molar-refractivity contribution >= 4 is 19.5 Å². The normalized spacial score (nSPS) is 12.3. The zero-order chi connectivity index (χ0) is 32.1. The van der Waals surface area contributed by atoms with Crippen LogP contribution < -0.4 is 5.32 Å². The van der Waals surface area contributed by atoms with Gasteiger partial charge in [-0.2, -0.15) is 10.2 Å². The lowest BCUT2D eigenvalue weighted by Gasteiger charge is -2.28. The van der Waals surface area contributed by atoms with Crippen LogP contribution in [0.4, 0.5) is 0 Å². The highest BCUT2D eigenvalue weighted by Gasteiger charge is 2.33. The monoisotopic (exact) mass is 627 g/mol. The SMILES string of the molecule is Cc1nn(COP(=O)(O)O)c(C)c1-c1ccc(CC(=O)[C@@H](NC(=O)c2ccnn2C)C(c2ccccc2)c2ccccc2)cc1. The summed E-state index contributed by atoms with van der Waals surface area (Å²) in [5.41, 5.74) is 5.87. The van der Waals surface area contributed by atoms with Gasteiger partial charge in [-0.15, -0.1) is 0 Å². The first-order valence-electron chi connectivity index (χ1n) is 14.3. The number of hydrogen-bond acceptors (Lipinski definition) is 6. The van der Waals surface area contributed by atoms with E-state index in [1.54, 1.807) is 27.0 Å². The van der Waals surface area contributed by atoms with Crippen LogP contribution in [0.15, 0.2) is 97.2 Å². The molecule has 0 saturated heterocycles. The van der Waals surface area contributed by atoms with Gasteiger partial charge in [-0.25, -0.2) is 9.25 Å². The molecule has 0 radical (unpaired) electrons. The molecule has 0 aliphatic heterocycles. The van der Waals surface area contributed by atoms with Crippen molar-refractivity contribution < 1.29 is 28.5 Å². The van der Waals surface area contributed by atoms with E-state index in [1.165, 1.54) is 15.6 Å². The Kier molecular flexibility index (Phi) is 9.55. The summed E-state index contributed by atoms with van der Waals surface area (Å²) in [4.78, 5) is 45.8. The number of benzene rings is 3. The fraction of sp³-hybridized carbons (Fsp3) is 0.212. The van der Waals surface area contributed by atoms with Crippen molar-refractivity contribution in [1.29, 1.82) is 0 Å². The smallest absolute Gasteiger partial charge is 0.340 e. The maximum absolute atomic E-state index is 14.2. The highest BCUT2D eigenvalue weighted by Crippen LogP contribution is 2.37. The lowest BCUT2D eigenvalue weighted by atomic mass is 9.81. The molecule has 0 fully saturated rings. The molecule has 2 heterocycles. The molecule has 3 aromatic carbocycles. The number of amides is 1. The summed E-state index contributed by atoms with van der Waals surface area (Å²) in [5.74, 6) is -1.00. The van der Waals surface area contributed by atoms with Crippen molar-refractivity contribution in [1.82, 2.24) is 24.9 Å². The predicted octanol–water partition coefficient (Wildman–Crippen LogP) is 4.71. The Balaban J connectivity index is 1.44. The molecule has 0 saturated carbocycles. The van der Waals surface area contributed by atoms with E-state index < -0.39 is 25.7 Å². The molecule has 3 N–H and O–H groups in total. The van der Waals surface area contributed by atoms with Crippen LogP contribution in [0.25, 0.3) is 11.1 Å². The molecule has 11 nitrogen and oxygen atoms in total. The van der Waals surface area contributed by atoms with Crippen molar-refractivity contribution in [2.45, 2.75) is 39.0 Å². The molecule has 0 aliphatic carbocycles. The third-order valence-corrected chi connectivity index (χ3v) is 8.14.